The average Bonchev–Trinajstić information content (AvgIpc) is 2.77. The van der Waals surface area contributed by atoms with E-state index in [0.717, 1.165) is 5.56 Å². The van der Waals surface area contributed by atoms with Crippen LogP contribution in [0.25, 0.3) is 5.76 Å². The van der Waals surface area contributed by atoms with Gasteiger partial charge in [-0.2, -0.15) is 0 Å². The Morgan fingerprint density at radius 2 is 1.73 bits per heavy atom. The summed E-state index contributed by atoms with van der Waals surface area (Å²) < 4.78 is 6.46. The van der Waals surface area contributed by atoms with E-state index in [1.165, 1.54) is 11.8 Å². The van der Waals surface area contributed by atoms with Crippen LogP contribution in [-0.4, -0.2) is 46.8 Å². The maximum atomic E-state index is 12.9. The summed E-state index contributed by atoms with van der Waals surface area (Å²) in [7, 11) is 0. The van der Waals surface area contributed by atoms with Gasteiger partial charge in [-0.15, -0.1) is 11.8 Å². The van der Waals surface area contributed by atoms with Crippen LogP contribution in [0.4, 0.5) is 0 Å². The molecule has 152 valence electrons. The first-order chi connectivity index (χ1) is 14.5. The summed E-state index contributed by atoms with van der Waals surface area (Å²) in [6.07, 6.45) is 1.39. The number of hydrogen-bond donors (Lipinski definition) is 0. The van der Waals surface area contributed by atoms with Gasteiger partial charge in [0.1, 0.15) is 16.3 Å². The number of rotatable bonds is 1. The molecule has 0 radical (unpaired) electrons. The number of ketones is 2. The van der Waals surface area contributed by atoms with Gasteiger partial charge in [-0.1, -0.05) is 42.0 Å². The first-order valence-electron chi connectivity index (χ1n) is 10.1. The fraction of sp³-hybridized carbons (Fsp3) is 0.292. The highest BCUT2D eigenvalue weighted by Crippen LogP contribution is 2.47. The molecule has 0 atom stereocenters. The predicted octanol–water partition coefficient (Wildman–Crippen LogP) is 3.87. The zero-order valence-corrected chi connectivity index (χ0v) is 17.5. The van der Waals surface area contributed by atoms with Crippen molar-refractivity contribution in [2.45, 2.75) is 25.4 Å². The van der Waals surface area contributed by atoms with Crippen LogP contribution in [0.1, 0.15) is 44.7 Å². The lowest BCUT2D eigenvalue weighted by atomic mass is 9.89. The third kappa shape index (κ3) is 3.06. The van der Waals surface area contributed by atoms with Gasteiger partial charge in [0, 0.05) is 48.4 Å². The molecule has 0 N–H and O–H groups in total. The van der Waals surface area contributed by atoms with Crippen molar-refractivity contribution in [3.63, 3.8) is 0 Å². The first kappa shape index (κ1) is 19.1. The maximum absolute atomic E-state index is 12.9. The van der Waals surface area contributed by atoms with Crippen molar-refractivity contribution in [1.29, 1.82) is 0 Å². The minimum Gasteiger partial charge on any atom is -0.484 e. The molecule has 1 spiro atoms. The number of hydrogen-bond acceptors (Lipinski definition) is 5. The number of piperidine rings is 1. The summed E-state index contributed by atoms with van der Waals surface area (Å²) in [6, 6.07) is 14.8. The molecule has 1 aliphatic carbocycles. The van der Waals surface area contributed by atoms with Gasteiger partial charge in [0.2, 0.25) is 11.6 Å². The Kier molecular flexibility index (Phi) is 4.54. The number of nitrogens with zero attached hydrogens (tertiary/aromatic N) is 1. The van der Waals surface area contributed by atoms with Crippen LogP contribution in [0.3, 0.4) is 0 Å². The monoisotopic (exact) mass is 419 g/mol. The number of fused-ring (bicyclic) bond motifs is 2. The fourth-order valence-corrected chi connectivity index (χ4v) is 5.60. The van der Waals surface area contributed by atoms with Gasteiger partial charge < -0.3 is 9.64 Å². The van der Waals surface area contributed by atoms with Crippen LogP contribution >= 0.6 is 11.8 Å². The topological polar surface area (TPSA) is 63.7 Å². The molecule has 0 saturated carbocycles. The number of likely N-dealkylation sites (tertiary alicyclic amines) is 1. The number of carbonyl (C=O) groups excluding carboxylic acids is 3. The van der Waals surface area contributed by atoms with E-state index in [9.17, 15) is 14.4 Å². The number of thioether (sulfide) groups is 1. The summed E-state index contributed by atoms with van der Waals surface area (Å²) in [5.74, 6) is 0.246. The SMILES string of the molecule is Cc1cccc(C(=O)N2CCC3(CC2)CSC2=C(O3)c3ccccc3C(=O)C2=O)c1. The number of benzene rings is 2. The molecule has 3 aliphatic rings. The summed E-state index contributed by atoms with van der Waals surface area (Å²) in [5, 5.41) is 0. The highest BCUT2D eigenvalue weighted by molar-refractivity contribution is 8.04. The second-order valence-electron chi connectivity index (χ2n) is 8.10. The van der Waals surface area contributed by atoms with Crippen LogP contribution in [0, 0.1) is 6.92 Å². The lowest BCUT2D eigenvalue weighted by Gasteiger charge is -2.45. The van der Waals surface area contributed by atoms with E-state index in [4.69, 9.17) is 4.74 Å². The lowest BCUT2D eigenvalue weighted by Crippen LogP contribution is -2.50. The molecule has 2 aromatic carbocycles. The van der Waals surface area contributed by atoms with Gasteiger partial charge in [0.05, 0.1) is 0 Å². The summed E-state index contributed by atoms with van der Waals surface area (Å²) in [6.45, 7) is 3.18. The van der Waals surface area contributed by atoms with E-state index < -0.39 is 17.2 Å². The number of ether oxygens (including phenoxy) is 1. The molecule has 0 aromatic heterocycles. The van der Waals surface area contributed by atoms with Crippen molar-refractivity contribution in [2.24, 2.45) is 0 Å². The fourth-order valence-electron chi connectivity index (χ4n) is 4.34. The second-order valence-corrected chi connectivity index (χ2v) is 9.08. The van der Waals surface area contributed by atoms with E-state index in [1.54, 1.807) is 12.1 Å². The third-order valence-corrected chi connectivity index (χ3v) is 7.39. The lowest BCUT2D eigenvalue weighted by molar-refractivity contribution is -0.111. The normalized spacial score (nSPS) is 20.0. The smallest absolute Gasteiger partial charge is 0.253 e. The van der Waals surface area contributed by atoms with Crippen molar-refractivity contribution in [3.05, 3.63) is 75.7 Å². The first-order valence-corrected chi connectivity index (χ1v) is 11.1. The molecule has 1 amide bonds. The van der Waals surface area contributed by atoms with Gasteiger partial charge >= 0.3 is 0 Å². The number of carbonyl (C=O) groups is 3. The summed E-state index contributed by atoms with van der Waals surface area (Å²) >= 11 is 1.42. The quantitative estimate of drug-likeness (QED) is 0.657. The molecule has 1 fully saturated rings. The van der Waals surface area contributed by atoms with Crippen LogP contribution in [0.5, 0.6) is 0 Å². The Bertz CT molecular complexity index is 1110. The van der Waals surface area contributed by atoms with Crippen molar-refractivity contribution < 1.29 is 19.1 Å². The molecule has 2 heterocycles. The minimum absolute atomic E-state index is 0.0423. The zero-order valence-electron chi connectivity index (χ0n) is 16.6. The van der Waals surface area contributed by atoms with Crippen LogP contribution in [0.15, 0.2) is 53.4 Å². The number of amides is 1. The maximum Gasteiger partial charge on any atom is 0.253 e. The van der Waals surface area contributed by atoms with Crippen LogP contribution in [-0.2, 0) is 9.53 Å². The van der Waals surface area contributed by atoms with Crippen molar-refractivity contribution in [3.8, 4) is 0 Å². The van der Waals surface area contributed by atoms with Gasteiger partial charge in [0.15, 0.2) is 0 Å². The standard InChI is InChI=1S/C24H21NO4S/c1-15-5-4-6-16(13-15)23(28)25-11-9-24(10-12-25)14-30-22-20(27)19(26)17-7-2-3-8-18(17)21(22)29-24/h2-8,13H,9-12,14H2,1H3. The van der Waals surface area contributed by atoms with E-state index in [1.807, 2.05) is 48.2 Å². The number of aryl methyl sites for hydroxylation is 1. The van der Waals surface area contributed by atoms with Gasteiger partial charge in [-0.3, -0.25) is 14.4 Å². The van der Waals surface area contributed by atoms with Gasteiger partial charge in [-0.25, -0.2) is 0 Å². The molecule has 0 unspecified atom stereocenters. The van der Waals surface area contributed by atoms with Crippen LogP contribution in [0.2, 0.25) is 0 Å². The predicted molar refractivity (Wildman–Crippen MR) is 115 cm³/mol. The van der Waals surface area contributed by atoms with E-state index in [0.29, 0.717) is 59.0 Å². The Morgan fingerprint density at radius 3 is 2.47 bits per heavy atom. The zero-order chi connectivity index (χ0) is 20.9. The second kappa shape index (κ2) is 7.13. The van der Waals surface area contributed by atoms with Crippen LogP contribution < -0.4 is 0 Å². The van der Waals surface area contributed by atoms with Crippen molar-refractivity contribution in [2.75, 3.05) is 18.8 Å². The van der Waals surface area contributed by atoms with Gasteiger partial charge in [-0.05, 0) is 19.1 Å². The molecule has 2 aliphatic heterocycles. The molecule has 6 heteroatoms. The largest absolute Gasteiger partial charge is 0.484 e. The average molecular weight is 420 g/mol. The molecule has 0 bridgehead atoms. The Morgan fingerprint density at radius 1 is 1.00 bits per heavy atom. The molecule has 1 saturated heterocycles. The van der Waals surface area contributed by atoms with E-state index in [2.05, 4.69) is 0 Å². The molecule has 30 heavy (non-hydrogen) atoms. The van der Waals surface area contributed by atoms with E-state index in [-0.39, 0.29) is 5.91 Å². The molecular formula is C24H21NO4S. The van der Waals surface area contributed by atoms with Crippen molar-refractivity contribution in [1.82, 2.24) is 4.90 Å². The third-order valence-electron chi connectivity index (χ3n) is 6.06. The van der Waals surface area contributed by atoms with Crippen molar-refractivity contribution >= 4 is 35.0 Å². The molecule has 5 nitrogen and oxygen atoms in total. The molecular weight excluding hydrogens is 398 g/mol. The highest BCUT2D eigenvalue weighted by Gasteiger charge is 2.46. The Hall–Kier alpha value is -2.86. The summed E-state index contributed by atoms with van der Waals surface area (Å²) in [5.41, 5.74) is 2.45. The minimum atomic E-state index is -0.476. The summed E-state index contributed by atoms with van der Waals surface area (Å²) in [4.78, 5) is 40.2. The Labute approximate surface area is 179 Å². The Balaban J connectivity index is 1.37. The highest BCUT2D eigenvalue weighted by atomic mass is 32.2. The van der Waals surface area contributed by atoms with Gasteiger partial charge in [0.25, 0.3) is 5.91 Å². The molecule has 5 rings (SSSR count). The number of allylic oxidation sites excluding steroid dienone is 1. The number of Topliss-reactive ketones (excluding diaryl/α,β-unsaturated/α-hetero) is 2. The molecule has 2 aromatic rings. The van der Waals surface area contributed by atoms with E-state index >= 15 is 0 Å².